The lowest BCUT2D eigenvalue weighted by Crippen LogP contribution is -2.43. The second-order valence-electron chi connectivity index (χ2n) is 4.11. The van der Waals surface area contributed by atoms with E-state index < -0.39 is 12.0 Å². The van der Waals surface area contributed by atoms with Gasteiger partial charge in [0.25, 0.3) is 5.91 Å². The van der Waals surface area contributed by atoms with Crippen LogP contribution in [-0.2, 0) is 4.79 Å². The lowest BCUT2D eigenvalue weighted by molar-refractivity contribution is -0.141. The van der Waals surface area contributed by atoms with Crippen LogP contribution in [0.15, 0.2) is 24.5 Å². The van der Waals surface area contributed by atoms with Gasteiger partial charge in [-0.2, -0.15) is 0 Å². The molecule has 0 aliphatic rings. The van der Waals surface area contributed by atoms with Crippen LogP contribution >= 0.6 is 0 Å². The SMILES string of the molecule is CCCCN(C(=O)c1cccnc1)C(C)C(=O)O. The normalized spacial score (nSPS) is 11.9. The van der Waals surface area contributed by atoms with Gasteiger partial charge in [0.05, 0.1) is 5.56 Å². The third-order valence-electron chi connectivity index (χ3n) is 2.75. The molecule has 5 nitrogen and oxygen atoms in total. The number of amides is 1. The lowest BCUT2D eigenvalue weighted by Gasteiger charge is -2.26. The topological polar surface area (TPSA) is 70.5 Å². The Labute approximate surface area is 106 Å². The van der Waals surface area contributed by atoms with Crippen LogP contribution < -0.4 is 0 Å². The van der Waals surface area contributed by atoms with E-state index in [1.165, 1.54) is 18.0 Å². The van der Waals surface area contributed by atoms with Crippen LogP contribution in [0.2, 0.25) is 0 Å². The Kier molecular flexibility index (Phi) is 5.30. The molecule has 1 atom stereocenters. The molecule has 1 aromatic heterocycles. The number of unbranched alkanes of at least 4 members (excludes halogenated alkanes) is 1. The summed E-state index contributed by atoms with van der Waals surface area (Å²) < 4.78 is 0. The smallest absolute Gasteiger partial charge is 0.326 e. The lowest BCUT2D eigenvalue weighted by atomic mass is 10.2. The molecule has 18 heavy (non-hydrogen) atoms. The maximum absolute atomic E-state index is 12.2. The number of rotatable bonds is 6. The van der Waals surface area contributed by atoms with Crippen molar-refractivity contribution in [3.8, 4) is 0 Å². The Bertz CT molecular complexity index is 406. The summed E-state index contributed by atoms with van der Waals surface area (Å²) in [6.07, 6.45) is 4.72. The zero-order chi connectivity index (χ0) is 13.5. The summed E-state index contributed by atoms with van der Waals surface area (Å²) >= 11 is 0. The van der Waals surface area contributed by atoms with Crippen molar-refractivity contribution in [2.24, 2.45) is 0 Å². The number of carboxylic acid groups (broad SMARTS) is 1. The second-order valence-corrected chi connectivity index (χ2v) is 4.11. The molecule has 1 N–H and O–H groups in total. The van der Waals surface area contributed by atoms with Crippen LogP contribution in [0.1, 0.15) is 37.0 Å². The summed E-state index contributed by atoms with van der Waals surface area (Å²) in [5, 5.41) is 9.04. The average molecular weight is 250 g/mol. The first kappa shape index (κ1) is 14.2. The minimum absolute atomic E-state index is 0.286. The minimum atomic E-state index is -0.997. The van der Waals surface area contributed by atoms with E-state index in [1.807, 2.05) is 6.92 Å². The van der Waals surface area contributed by atoms with Gasteiger partial charge in [-0.1, -0.05) is 13.3 Å². The summed E-state index contributed by atoms with van der Waals surface area (Å²) in [6.45, 7) is 3.96. The molecule has 0 saturated carbocycles. The van der Waals surface area contributed by atoms with E-state index in [2.05, 4.69) is 4.98 Å². The van der Waals surface area contributed by atoms with Crippen LogP contribution in [0, 0.1) is 0 Å². The Morgan fingerprint density at radius 3 is 2.72 bits per heavy atom. The molecule has 1 unspecified atom stereocenters. The zero-order valence-electron chi connectivity index (χ0n) is 10.7. The Morgan fingerprint density at radius 1 is 1.50 bits per heavy atom. The van der Waals surface area contributed by atoms with Gasteiger partial charge in [0.15, 0.2) is 0 Å². The first-order valence-electron chi connectivity index (χ1n) is 6.01. The van der Waals surface area contributed by atoms with Crippen molar-refractivity contribution in [2.75, 3.05) is 6.54 Å². The average Bonchev–Trinajstić information content (AvgIpc) is 2.39. The number of carbonyl (C=O) groups is 2. The molecule has 0 aromatic carbocycles. The monoisotopic (exact) mass is 250 g/mol. The van der Waals surface area contributed by atoms with Crippen molar-refractivity contribution in [3.63, 3.8) is 0 Å². The second kappa shape index (κ2) is 6.74. The maximum Gasteiger partial charge on any atom is 0.326 e. The fraction of sp³-hybridized carbons (Fsp3) is 0.462. The number of hydrogen-bond donors (Lipinski definition) is 1. The van der Waals surface area contributed by atoms with Crippen molar-refractivity contribution in [1.82, 2.24) is 9.88 Å². The van der Waals surface area contributed by atoms with Crippen LogP contribution in [0.5, 0.6) is 0 Å². The standard InChI is InChI=1S/C13H18N2O3/c1-3-4-8-15(10(2)13(17)18)12(16)11-6-5-7-14-9-11/h5-7,9-10H,3-4,8H2,1-2H3,(H,17,18). The summed E-state index contributed by atoms with van der Waals surface area (Å²) in [5.74, 6) is -1.28. The van der Waals surface area contributed by atoms with Crippen LogP contribution in [0.4, 0.5) is 0 Å². The van der Waals surface area contributed by atoms with Gasteiger partial charge in [-0.3, -0.25) is 9.78 Å². The zero-order valence-corrected chi connectivity index (χ0v) is 10.7. The molecule has 0 saturated heterocycles. The molecule has 98 valence electrons. The highest BCUT2D eigenvalue weighted by Gasteiger charge is 2.25. The molecule has 0 aliphatic heterocycles. The number of carboxylic acids is 1. The number of aliphatic carboxylic acids is 1. The first-order valence-corrected chi connectivity index (χ1v) is 6.01. The molecule has 0 fully saturated rings. The summed E-state index contributed by atoms with van der Waals surface area (Å²) in [7, 11) is 0. The van der Waals surface area contributed by atoms with Gasteiger partial charge in [0, 0.05) is 18.9 Å². The molecule has 0 spiro atoms. The van der Waals surface area contributed by atoms with Gasteiger partial charge in [-0.05, 0) is 25.5 Å². The van der Waals surface area contributed by atoms with E-state index in [-0.39, 0.29) is 5.91 Å². The Hall–Kier alpha value is -1.91. The van der Waals surface area contributed by atoms with Gasteiger partial charge >= 0.3 is 5.97 Å². The van der Waals surface area contributed by atoms with E-state index in [4.69, 9.17) is 5.11 Å². The predicted molar refractivity (Wildman–Crippen MR) is 67.3 cm³/mol. The molecular formula is C13H18N2O3. The fourth-order valence-electron chi connectivity index (χ4n) is 1.59. The molecule has 0 bridgehead atoms. The van der Waals surface area contributed by atoms with Crippen LogP contribution in [0.3, 0.4) is 0 Å². The molecular weight excluding hydrogens is 232 g/mol. The van der Waals surface area contributed by atoms with Gasteiger partial charge in [-0.15, -0.1) is 0 Å². The van der Waals surface area contributed by atoms with Crippen molar-refractivity contribution in [3.05, 3.63) is 30.1 Å². The number of hydrogen-bond acceptors (Lipinski definition) is 3. The van der Waals surface area contributed by atoms with E-state index >= 15 is 0 Å². The minimum Gasteiger partial charge on any atom is -0.480 e. The highest BCUT2D eigenvalue weighted by Crippen LogP contribution is 2.09. The predicted octanol–water partition coefficient (Wildman–Crippen LogP) is 1.80. The van der Waals surface area contributed by atoms with Gasteiger partial charge in [-0.25, -0.2) is 4.79 Å². The van der Waals surface area contributed by atoms with Crippen molar-refractivity contribution in [2.45, 2.75) is 32.7 Å². The van der Waals surface area contributed by atoms with E-state index in [9.17, 15) is 9.59 Å². The van der Waals surface area contributed by atoms with Crippen LogP contribution in [-0.4, -0.2) is 39.5 Å². The third-order valence-corrected chi connectivity index (χ3v) is 2.75. The summed E-state index contributed by atoms with van der Waals surface area (Å²) in [6, 6.07) is 2.48. The maximum atomic E-state index is 12.2. The van der Waals surface area contributed by atoms with E-state index in [0.717, 1.165) is 12.8 Å². The molecule has 1 rings (SSSR count). The van der Waals surface area contributed by atoms with Gasteiger partial charge < -0.3 is 10.0 Å². The number of aromatic nitrogens is 1. The van der Waals surface area contributed by atoms with Crippen molar-refractivity contribution < 1.29 is 14.7 Å². The van der Waals surface area contributed by atoms with E-state index in [0.29, 0.717) is 12.1 Å². The molecule has 1 amide bonds. The highest BCUT2D eigenvalue weighted by atomic mass is 16.4. The molecule has 0 aliphatic carbocycles. The highest BCUT2D eigenvalue weighted by molar-refractivity contribution is 5.96. The van der Waals surface area contributed by atoms with Gasteiger partial charge in [0.1, 0.15) is 6.04 Å². The summed E-state index contributed by atoms with van der Waals surface area (Å²) in [5.41, 5.74) is 0.418. The Balaban J connectivity index is 2.89. The first-order chi connectivity index (χ1) is 8.57. The number of pyridine rings is 1. The van der Waals surface area contributed by atoms with Gasteiger partial charge in [0.2, 0.25) is 0 Å². The Morgan fingerprint density at radius 2 is 2.22 bits per heavy atom. The van der Waals surface area contributed by atoms with Crippen molar-refractivity contribution in [1.29, 1.82) is 0 Å². The van der Waals surface area contributed by atoms with Crippen molar-refractivity contribution >= 4 is 11.9 Å². The molecule has 1 heterocycles. The quantitative estimate of drug-likeness (QED) is 0.835. The molecule has 0 radical (unpaired) electrons. The number of carbonyl (C=O) groups excluding carboxylic acids is 1. The molecule has 1 aromatic rings. The molecule has 5 heteroatoms. The van der Waals surface area contributed by atoms with E-state index in [1.54, 1.807) is 18.3 Å². The summed E-state index contributed by atoms with van der Waals surface area (Å²) in [4.78, 5) is 28.5. The third kappa shape index (κ3) is 3.55. The fourth-order valence-corrected chi connectivity index (χ4v) is 1.59. The largest absolute Gasteiger partial charge is 0.480 e. The number of nitrogens with zero attached hydrogens (tertiary/aromatic N) is 2. The van der Waals surface area contributed by atoms with Crippen LogP contribution in [0.25, 0.3) is 0 Å².